The average molecular weight is 444 g/mol. The lowest BCUT2D eigenvalue weighted by Gasteiger charge is -2.09. The molecule has 0 atom stereocenters. The van der Waals surface area contributed by atoms with Gasteiger partial charge in [0.05, 0.1) is 11.9 Å². The first-order valence-corrected chi connectivity index (χ1v) is 10.7. The number of aliphatic carboxylic acids is 1. The summed E-state index contributed by atoms with van der Waals surface area (Å²) in [5.74, 6) is -0.360. The van der Waals surface area contributed by atoms with Crippen molar-refractivity contribution in [3.05, 3.63) is 78.0 Å². The summed E-state index contributed by atoms with van der Waals surface area (Å²) < 4.78 is 8.00. The summed E-state index contributed by atoms with van der Waals surface area (Å²) in [6.45, 7) is 4.37. The van der Waals surface area contributed by atoms with Crippen LogP contribution in [0.15, 0.2) is 66.7 Å². The summed E-state index contributed by atoms with van der Waals surface area (Å²) in [5, 5.41) is 17.6. The number of carbonyl (C=O) groups excluding carboxylic acids is 1. The van der Waals surface area contributed by atoms with Crippen LogP contribution in [0.1, 0.15) is 31.1 Å². The minimum Gasteiger partial charge on any atom is -0.487 e. The molecular weight excluding hydrogens is 418 g/mol. The van der Waals surface area contributed by atoms with Crippen molar-refractivity contribution in [2.45, 2.75) is 32.9 Å². The van der Waals surface area contributed by atoms with Gasteiger partial charge >= 0.3 is 5.97 Å². The summed E-state index contributed by atoms with van der Waals surface area (Å²) in [4.78, 5) is 21.8. The van der Waals surface area contributed by atoms with Crippen molar-refractivity contribution >= 4 is 29.0 Å². The molecule has 0 spiro atoms. The Balaban J connectivity index is 1.68. The number of amides is 1. The smallest absolute Gasteiger partial charge is 0.307 e. The van der Waals surface area contributed by atoms with Gasteiger partial charge in [-0.3, -0.25) is 14.3 Å². The fraction of sp³-hybridized carbons (Fsp3) is 0.192. The molecule has 4 aromatic rings. The molecule has 3 aromatic carbocycles. The highest BCUT2D eigenvalue weighted by Gasteiger charge is 2.15. The molecule has 0 bridgehead atoms. The van der Waals surface area contributed by atoms with Gasteiger partial charge in [-0.2, -0.15) is 5.10 Å². The predicted octanol–water partition coefficient (Wildman–Crippen LogP) is 5.06. The van der Waals surface area contributed by atoms with Crippen LogP contribution < -0.4 is 10.1 Å². The Kier molecular flexibility index (Phi) is 6.40. The minimum absolute atomic E-state index is 0.101. The molecule has 1 amide bonds. The molecule has 2 N–H and O–H groups in total. The lowest BCUT2D eigenvalue weighted by atomic mass is 10.0. The third-order valence-corrected chi connectivity index (χ3v) is 5.39. The Labute approximate surface area is 191 Å². The molecule has 0 aliphatic heterocycles. The molecule has 0 radical (unpaired) electrons. The molecule has 0 saturated carbocycles. The van der Waals surface area contributed by atoms with Crippen LogP contribution in [-0.2, 0) is 22.6 Å². The van der Waals surface area contributed by atoms with E-state index in [2.05, 4.69) is 37.4 Å². The van der Waals surface area contributed by atoms with Crippen molar-refractivity contribution in [2.75, 3.05) is 5.32 Å². The first kappa shape index (κ1) is 22.1. The largest absolute Gasteiger partial charge is 0.487 e. The van der Waals surface area contributed by atoms with E-state index in [1.54, 1.807) is 18.2 Å². The normalized spacial score (nSPS) is 11.0. The fourth-order valence-corrected chi connectivity index (χ4v) is 3.81. The third kappa shape index (κ3) is 4.87. The number of ether oxygens (including phenoxy) is 1. The second kappa shape index (κ2) is 9.56. The van der Waals surface area contributed by atoms with E-state index < -0.39 is 5.97 Å². The molecule has 0 unspecified atom stereocenters. The maximum atomic E-state index is 11.2. The lowest BCUT2D eigenvalue weighted by molar-refractivity contribution is -0.136. The number of rotatable bonds is 9. The molecule has 0 aliphatic carbocycles. The van der Waals surface area contributed by atoms with E-state index in [0.717, 1.165) is 33.4 Å². The van der Waals surface area contributed by atoms with Crippen LogP contribution in [-0.4, -0.2) is 27.3 Å². The van der Waals surface area contributed by atoms with E-state index in [1.807, 2.05) is 35.0 Å². The van der Waals surface area contributed by atoms with Crippen LogP contribution in [0.4, 0.5) is 5.69 Å². The maximum absolute atomic E-state index is 11.2. The second-order valence-corrected chi connectivity index (χ2v) is 8.02. The Morgan fingerprint density at radius 1 is 1.09 bits per heavy atom. The quantitative estimate of drug-likeness (QED) is 0.353. The van der Waals surface area contributed by atoms with Gasteiger partial charge in [-0.15, -0.1) is 0 Å². The molecule has 0 fully saturated rings. The summed E-state index contributed by atoms with van der Waals surface area (Å²) >= 11 is 0. The van der Waals surface area contributed by atoms with Crippen LogP contribution >= 0.6 is 0 Å². The topological polar surface area (TPSA) is 93.5 Å². The molecule has 33 heavy (non-hydrogen) atoms. The molecule has 1 heterocycles. The number of nitrogens with one attached hydrogen (secondary N) is 1. The zero-order valence-corrected chi connectivity index (χ0v) is 18.5. The van der Waals surface area contributed by atoms with Crippen LogP contribution in [0.2, 0.25) is 0 Å². The number of para-hydroxylation sites is 1. The van der Waals surface area contributed by atoms with Crippen molar-refractivity contribution in [1.82, 2.24) is 9.78 Å². The number of carboxylic acids is 1. The predicted molar refractivity (Wildman–Crippen MR) is 127 cm³/mol. The van der Waals surface area contributed by atoms with E-state index in [1.165, 1.54) is 0 Å². The zero-order valence-electron chi connectivity index (χ0n) is 18.5. The highest BCUT2D eigenvalue weighted by molar-refractivity contribution is 5.87. The number of anilines is 1. The molecule has 0 aliphatic rings. The monoisotopic (exact) mass is 443 g/mol. The summed E-state index contributed by atoms with van der Waals surface area (Å²) in [5.41, 5.74) is 5.19. The van der Waals surface area contributed by atoms with Crippen LogP contribution in [0, 0.1) is 0 Å². The van der Waals surface area contributed by atoms with Gasteiger partial charge < -0.3 is 15.2 Å². The molecule has 4 rings (SSSR count). The Morgan fingerprint density at radius 3 is 2.52 bits per heavy atom. The number of hydrogen-bond acceptors (Lipinski definition) is 4. The Hall–Kier alpha value is -4.13. The van der Waals surface area contributed by atoms with E-state index in [0.29, 0.717) is 17.7 Å². The van der Waals surface area contributed by atoms with E-state index in [-0.39, 0.29) is 19.1 Å². The highest BCUT2D eigenvalue weighted by Crippen LogP contribution is 2.30. The molecule has 0 saturated heterocycles. The number of benzene rings is 3. The van der Waals surface area contributed by atoms with Gasteiger partial charge in [0, 0.05) is 22.7 Å². The molecule has 168 valence electrons. The molecule has 7 heteroatoms. The van der Waals surface area contributed by atoms with Crippen LogP contribution in [0.25, 0.3) is 22.0 Å². The minimum atomic E-state index is -0.903. The van der Waals surface area contributed by atoms with Crippen molar-refractivity contribution in [3.63, 3.8) is 0 Å². The first-order valence-electron chi connectivity index (χ1n) is 10.7. The van der Waals surface area contributed by atoms with Gasteiger partial charge in [0.25, 0.3) is 0 Å². The Bertz CT molecular complexity index is 1290. The van der Waals surface area contributed by atoms with Gasteiger partial charge in [-0.25, -0.2) is 0 Å². The molecular formula is C26H25N3O4. The standard InChI is InChI=1S/C26H25N3O4/c1-17(2)29-24-12-9-19(18-7-10-21(11-8-18)27-16-30)13-22(24)23(28-29)15-33-25-6-4-3-5-20(25)14-26(31)32/h3-13,16-17H,14-15H2,1-2H3,(H,27,30)(H,31,32). The summed E-state index contributed by atoms with van der Waals surface area (Å²) in [6, 6.07) is 21.2. The number of aromatic nitrogens is 2. The molecule has 1 aromatic heterocycles. The Morgan fingerprint density at radius 2 is 1.82 bits per heavy atom. The number of carbonyl (C=O) groups is 2. The van der Waals surface area contributed by atoms with Crippen molar-refractivity contribution in [3.8, 4) is 16.9 Å². The third-order valence-electron chi connectivity index (χ3n) is 5.39. The van der Waals surface area contributed by atoms with Gasteiger partial charge in [0.2, 0.25) is 6.41 Å². The number of carboxylic acid groups (broad SMARTS) is 1. The zero-order chi connectivity index (χ0) is 23.4. The van der Waals surface area contributed by atoms with Gasteiger partial charge in [0.1, 0.15) is 18.1 Å². The number of nitrogens with zero attached hydrogens (tertiary/aromatic N) is 2. The van der Waals surface area contributed by atoms with E-state index in [4.69, 9.17) is 9.84 Å². The van der Waals surface area contributed by atoms with Crippen molar-refractivity contribution in [1.29, 1.82) is 0 Å². The molecule has 7 nitrogen and oxygen atoms in total. The van der Waals surface area contributed by atoms with Crippen molar-refractivity contribution in [2.24, 2.45) is 0 Å². The van der Waals surface area contributed by atoms with Crippen LogP contribution in [0.5, 0.6) is 5.75 Å². The highest BCUT2D eigenvalue weighted by atomic mass is 16.5. The fourth-order valence-electron chi connectivity index (χ4n) is 3.81. The second-order valence-electron chi connectivity index (χ2n) is 8.02. The number of fused-ring (bicyclic) bond motifs is 1. The van der Waals surface area contributed by atoms with Gasteiger partial charge in [-0.1, -0.05) is 36.4 Å². The summed E-state index contributed by atoms with van der Waals surface area (Å²) in [6.07, 6.45) is 0.554. The summed E-state index contributed by atoms with van der Waals surface area (Å²) in [7, 11) is 0. The van der Waals surface area contributed by atoms with Gasteiger partial charge in [0.15, 0.2) is 0 Å². The number of hydrogen-bond donors (Lipinski definition) is 2. The maximum Gasteiger partial charge on any atom is 0.307 e. The van der Waals surface area contributed by atoms with Crippen LogP contribution in [0.3, 0.4) is 0 Å². The van der Waals surface area contributed by atoms with Crippen molar-refractivity contribution < 1.29 is 19.4 Å². The van der Waals surface area contributed by atoms with E-state index >= 15 is 0 Å². The van der Waals surface area contributed by atoms with Gasteiger partial charge in [-0.05, 0) is 55.3 Å². The first-order chi connectivity index (χ1) is 16.0. The average Bonchev–Trinajstić information content (AvgIpc) is 3.17. The lowest BCUT2D eigenvalue weighted by Crippen LogP contribution is -2.06. The SMILES string of the molecule is CC(C)n1nc(COc2ccccc2CC(=O)O)c2cc(-c3ccc(NC=O)cc3)ccc21. The van der Waals surface area contributed by atoms with E-state index in [9.17, 15) is 14.7 Å².